The third-order valence-electron chi connectivity index (χ3n) is 2.79. The summed E-state index contributed by atoms with van der Waals surface area (Å²) in [6.07, 6.45) is 2.31. The summed E-state index contributed by atoms with van der Waals surface area (Å²) >= 11 is 0. The van der Waals surface area contributed by atoms with Crippen LogP contribution in [0.25, 0.3) is 0 Å². The zero-order valence-electron chi connectivity index (χ0n) is 10.4. The largest absolute Gasteiger partial charge is 0.466 e. The quantitative estimate of drug-likeness (QED) is 0.445. The number of carbonyl (C=O) groups excluding carboxylic acids is 3. The number of unbranched alkanes of at least 4 members (excludes halogenated alkanes) is 1. The molecule has 1 saturated heterocycles. The maximum Gasteiger partial charge on any atom is 0.306 e. The van der Waals surface area contributed by atoms with Gasteiger partial charge >= 0.3 is 5.97 Å². The molecule has 0 atom stereocenters. The molecule has 0 aliphatic carbocycles. The first-order valence-electron chi connectivity index (χ1n) is 5.93. The Kier molecular flexibility index (Phi) is 4.66. The SMILES string of the molecule is CCCCOC(=O)CC1(C)CC(=O)NC(=O)C1. The van der Waals surface area contributed by atoms with Gasteiger partial charge in [0, 0.05) is 12.8 Å². The van der Waals surface area contributed by atoms with Gasteiger partial charge in [-0.05, 0) is 11.8 Å². The van der Waals surface area contributed by atoms with E-state index in [0.717, 1.165) is 12.8 Å². The Bertz CT molecular complexity index is 308. The van der Waals surface area contributed by atoms with E-state index in [2.05, 4.69) is 5.32 Å². The van der Waals surface area contributed by atoms with Crippen LogP contribution >= 0.6 is 0 Å². The number of imide groups is 1. The summed E-state index contributed by atoms with van der Waals surface area (Å²) in [5.74, 6) is -0.960. The van der Waals surface area contributed by atoms with Gasteiger partial charge in [-0.2, -0.15) is 0 Å². The molecule has 1 aliphatic heterocycles. The zero-order chi connectivity index (χ0) is 12.9. The number of piperidine rings is 1. The van der Waals surface area contributed by atoms with Gasteiger partial charge in [0.05, 0.1) is 13.0 Å². The number of ether oxygens (including phenoxy) is 1. The van der Waals surface area contributed by atoms with Crippen molar-refractivity contribution in [3.05, 3.63) is 0 Å². The van der Waals surface area contributed by atoms with Crippen molar-refractivity contribution in [1.29, 1.82) is 0 Å². The van der Waals surface area contributed by atoms with Crippen LogP contribution in [0.1, 0.15) is 46.0 Å². The standard InChI is InChI=1S/C12H19NO4/c1-3-4-5-17-11(16)8-12(2)6-9(14)13-10(15)7-12/h3-8H2,1-2H3,(H,13,14,15). The third kappa shape index (κ3) is 4.54. The lowest BCUT2D eigenvalue weighted by atomic mass is 9.77. The van der Waals surface area contributed by atoms with Crippen molar-refractivity contribution in [2.24, 2.45) is 5.41 Å². The molecule has 0 bridgehead atoms. The van der Waals surface area contributed by atoms with Crippen molar-refractivity contribution < 1.29 is 19.1 Å². The van der Waals surface area contributed by atoms with Crippen molar-refractivity contribution in [2.45, 2.75) is 46.0 Å². The predicted octanol–water partition coefficient (Wildman–Crippen LogP) is 1.16. The fourth-order valence-electron chi connectivity index (χ4n) is 1.94. The maximum absolute atomic E-state index is 11.5. The Morgan fingerprint density at radius 1 is 1.35 bits per heavy atom. The molecule has 0 aromatic rings. The Hall–Kier alpha value is -1.39. The van der Waals surface area contributed by atoms with E-state index < -0.39 is 5.41 Å². The lowest BCUT2D eigenvalue weighted by molar-refractivity contribution is -0.148. The van der Waals surface area contributed by atoms with E-state index in [1.54, 1.807) is 6.92 Å². The maximum atomic E-state index is 11.5. The van der Waals surface area contributed by atoms with Crippen LogP contribution < -0.4 is 5.32 Å². The van der Waals surface area contributed by atoms with E-state index in [0.29, 0.717) is 6.61 Å². The average Bonchev–Trinajstić information content (AvgIpc) is 2.14. The molecular weight excluding hydrogens is 222 g/mol. The molecule has 0 aromatic carbocycles. The molecule has 0 spiro atoms. The highest BCUT2D eigenvalue weighted by Gasteiger charge is 2.37. The summed E-state index contributed by atoms with van der Waals surface area (Å²) in [7, 11) is 0. The van der Waals surface area contributed by atoms with E-state index in [4.69, 9.17) is 4.74 Å². The average molecular weight is 241 g/mol. The first-order chi connectivity index (χ1) is 7.95. The van der Waals surface area contributed by atoms with Gasteiger partial charge in [0.25, 0.3) is 0 Å². The summed E-state index contributed by atoms with van der Waals surface area (Å²) in [6.45, 7) is 4.19. The summed E-state index contributed by atoms with van der Waals surface area (Å²) < 4.78 is 5.04. The fourth-order valence-corrected chi connectivity index (χ4v) is 1.94. The van der Waals surface area contributed by atoms with Gasteiger partial charge in [-0.25, -0.2) is 0 Å². The van der Waals surface area contributed by atoms with Gasteiger partial charge in [-0.3, -0.25) is 19.7 Å². The van der Waals surface area contributed by atoms with Gasteiger partial charge in [0.2, 0.25) is 11.8 Å². The molecular formula is C12H19NO4. The van der Waals surface area contributed by atoms with Gasteiger partial charge < -0.3 is 4.74 Å². The van der Waals surface area contributed by atoms with Crippen molar-refractivity contribution in [1.82, 2.24) is 5.32 Å². The molecule has 0 saturated carbocycles. The molecule has 5 nitrogen and oxygen atoms in total. The summed E-state index contributed by atoms with van der Waals surface area (Å²) in [5.41, 5.74) is -0.595. The van der Waals surface area contributed by atoms with Gasteiger partial charge in [-0.15, -0.1) is 0 Å². The molecule has 1 fully saturated rings. The van der Waals surface area contributed by atoms with Gasteiger partial charge in [0.15, 0.2) is 0 Å². The number of esters is 1. The zero-order valence-corrected chi connectivity index (χ0v) is 10.4. The molecule has 0 unspecified atom stereocenters. The lowest BCUT2D eigenvalue weighted by Gasteiger charge is -2.30. The van der Waals surface area contributed by atoms with E-state index in [1.165, 1.54) is 0 Å². The molecule has 17 heavy (non-hydrogen) atoms. The predicted molar refractivity (Wildman–Crippen MR) is 61.0 cm³/mol. The van der Waals surface area contributed by atoms with Crippen LogP contribution in [0.4, 0.5) is 0 Å². The number of carbonyl (C=O) groups is 3. The van der Waals surface area contributed by atoms with Crippen molar-refractivity contribution in [2.75, 3.05) is 6.61 Å². The Morgan fingerprint density at radius 3 is 2.47 bits per heavy atom. The van der Waals surface area contributed by atoms with Crippen LogP contribution in [-0.4, -0.2) is 24.4 Å². The molecule has 0 aromatic heterocycles. The Morgan fingerprint density at radius 2 is 1.94 bits per heavy atom. The number of amides is 2. The Balaban J connectivity index is 2.45. The van der Waals surface area contributed by atoms with Crippen LogP contribution in [0.15, 0.2) is 0 Å². The van der Waals surface area contributed by atoms with E-state index in [1.807, 2.05) is 6.92 Å². The minimum Gasteiger partial charge on any atom is -0.466 e. The monoisotopic (exact) mass is 241 g/mol. The highest BCUT2D eigenvalue weighted by Crippen LogP contribution is 2.33. The molecule has 0 radical (unpaired) electrons. The van der Waals surface area contributed by atoms with Crippen LogP contribution in [-0.2, 0) is 19.1 Å². The topological polar surface area (TPSA) is 72.5 Å². The number of nitrogens with one attached hydrogen (secondary N) is 1. The fraction of sp³-hybridized carbons (Fsp3) is 0.750. The second-order valence-corrected chi connectivity index (χ2v) is 4.89. The summed E-state index contributed by atoms with van der Waals surface area (Å²) in [4.78, 5) is 34.0. The Labute approximate surface area is 101 Å². The molecule has 1 N–H and O–H groups in total. The van der Waals surface area contributed by atoms with Crippen LogP contribution in [0.5, 0.6) is 0 Å². The van der Waals surface area contributed by atoms with Crippen LogP contribution in [0, 0.1) is 5.41 Å². The second kappa shape index (κ2) is 5.80. The second-order valence-electron chi connectivity index (χ2n) is 4.89. The lowest BCUT2D eigenvalue weighted by Crippen LogP contribution is -2.44. The highest BCUT2D eigenvalue weighted by atomic mass is 16.5. The normalized spacial score (nSPS) is 18.7. The van der Waals surface area contributed by atoms with Crippen molar-refractivity contribution in [3.63, 3.8) is 0 Å². The molecule has 1 aliphatic rings. The number of hydrogen-bond donors (Lipinski definition) is 1. The summed E-state index contributed by atoms with van der Waals surface area (Å²) in [6, 6.07) is 0. The number of hydrogen-bond acceptors (Lipinski definition) is 4. The molecule has 2 amide bonds. The van der Waals surface area contributed by atoms with E-state index in [9.17, 15) is 14.4 Å². The van der Waals surface area contributed by atoms with Crippen LogP contribution in [0.2, 0.25) is 0 Å². The van der Waals surface area contributed by atoms with E-state index >= 15 is 0 Å². The van der Waals surface area contributed by atoms with Gasteiger partial charge in [-0.1, -0.05) is 20.3 Å². The van der Waals surface area contributed by atoms with Crippen molar-refractivity contribution >= 4 is 17.8 Å². The van der Waals surface area contributed by atoms with Gasteiger partial charge in [0.1, 0.15) is 0 Å². The third-order valence-corrected chi connectivity index (χ3v) is 2.79. The molecule has 96 valence electrons. The molecule has 1 heterocycles. The minimum atomic E-state index is -0.595. The molecule has 5 heteroatoms. The van der Waals surface area contributed by atoms with E-state index in [-0.39, 0.29) is 37.0 Å². The molecule has 1 rings (SSSR count). The summed E-state index contributed by atoms with van der Waals surface area (Å²) in [5, 5.41) is 2.23. The van der Waals surface area contributed by atoms with Crippen molar-refractivity contribution in [3.8, 4) is 0 Å². The highest BCUT2D eigenvalue weighted by molar-refractivity contribution is 5.98. The first kappa shape index (κ1) is 13.7. The first-order valence-corrected chi connectivity index (χ1v) is 5.93. The van der Waals surface area contributed by atoms with Crippen LogP contribution in [0.3, 0.4) is 0 Å². The number of rotatable bonds is 5. The minimum absolute atomic E-state index is 0.121. The smallest absolute Gasteiger partial charge is 0.306 e.